The maximum atomic E-state index is 13.4. The van der Waals surface area contributed by atoms with E-state index in [-0.39, 0.29) is 33.5 Å². The first-order valence-electron chi connectivity index (χ1n) is 11.6. The number of ketones is 1. The molecule has 1 saturated heterocycles. The number of ether oxygens (including phenoxy) is 3. The molecule has 194 valence electrons. The van der Waals surface area contributed by atoms with Crippen molar-refractivity contribution >= 4 is 39.9 Å². The molecule has 0 aliphatic carbocycles. The maximum Gasteiger partial charge on any atom is 0.350 e. The average molecular weight is 535 g/mol. The van der Waals surface area contributed by atoms with E-state index >= 15 is 0 Å². The number of aromatic hydroxyl groups is 1. The summed E-state index contributed by atoms with van der Waals surface area (Å²) < 4.78 is 16.2. The van der Waals surface area contributed by atoms with Crippen LogP contribution in [0.25, 0.3) is 5.76 Å². The number of carbonyl (C=O) groups is 3. The molecular formula is C27H22N2O8S. The van der Waals surface area contributed by atoms with Crippen molar-refractivity contribution in [3.63, 3.8) is 0 Å². The topological polar surface area (TPSA) is 135 Å². The highest BCUT2D eigenvalue weighted by molar-refractivity contribution is 7.17. The number of aliphatic hydroxyl groups excluding tert-OH is 1. The summed E-state index contributed by atoms with van der Waals surface area (Å²) in [5.41, 5.74) is 0.822. The largest absolute Gasteiger partial charge is 0.508 e. The second-order valence-electron chi connectivity index (χ2n) is 8.42. The molecule has 2 N–H and O–H groups in total. The van der Waals surface area contributed by atoms with Crippen LogP contribution < -0.4 is 14.4 Å². The van der Waals surface area contributed by atoms with Gasteiger partial charge in [-0.15, -0.1) is 0 Å². The van der Waals surface area contributed by atoms with Gasteiger partial charge in [-0.25, -0.2) is 9.78 Å². The third-order valence-corrected chi connectivity index (χ3v) is 7.11. The van der Waals surface area contributed by atoms with Gasteiger partial charge >= 0.3 is 11.9 Å². The fraction of sp³-hybridized carbons (Fsp3) is 0.185. The predicted octanol–water partition coefficient (Wildman–Crippen LogP) is 3.90. The zero-order valence-electron chi connectivity index (χ0n) is 20.2. The Morgan fingerprint density at radius 2 is 1.89 bits per heavy atom. The number of esters is 1. The van der Waals surface area contributed by atoms with Crippen molar-refractivity contribution in [1.29, 1.82) is 0 Å². The number of amides is 1. The van der Waals surface area contributed by atoms with Crippen LogP contribution >= 0.6 is 11.3 Å². The lowest BCUT2D eigenvalue weighted by atomic mass is 9.95. The molecule has 0 spiro atoms. The molecule has 10 nitrogen and oxygen atoms in total. The summed E-state index contributed by atoms with van der Waals surface area (Å²) in [6.07, 6.45) is 1.43. The van der Waals surface area contributed by atoms with Crippen LogP contribution in [-0.2, 0) is 14.3 Å². The van der Waals surface area contributed by atoms with E-state index in [0.29, 0.717) is 36.0 Å². The third kappa shape index (κ3) is 4.37. The zero-order valence-corrected chi connectivity index (χ0v) is 21.0. The fourth-order valence-electron chi connectivity index (χ4n) is 4.22. The molecule has 2 aromatic carbocycles. The molecule has 3 heterocycles. The van der Waals surface area contributed by atoms with Crippen LogP contribution in [0.2, 0.25) is 0 Å². The van der Waals surface area contributed by atoms with E-state index in [0.717, 1.165) is 16.2 Å². The second kappa shape index (κ2) is 10.0. The van der Waals surface area contributed by atoms with E-state index in [1.807, 2.05) is 0 Å². The van der Waals surface area contributed by atoms with Crippen LogP contribution in [0, 0.1) is 6.92 Å². The number of phenols is 1. The number of carbonyl (C=O) groups excluding carboxylic acids is 3. The number of aromatic nitrogens is 1. The maximum absolute atomic E-state index is 13.4. The number of hydrogen-bond donors (Lipinski definition) is 2. The molecule has 2 aliphatic heterocycles. The van der Waals surface area contributed by atoms with E-state index in [2.05, 4.69) is 11.6 Å². The molecule has 0 saturated carbocycles. The highest BCUT2D eigenvalue weighted by atomic mass is 32.1. The minimum atomic E-state index is -1.09. The summed E-state index contributed by atoms with van der Waals surface area (Å²) in [6.45, 7) is 5.82. The van der Waals surface area contributed by atoms with Crippen molar-refractivity contribution in [3.05, 3.63) is 82.4 Å². The van der Waals surface area contributed by atoms with Crippen LogP contribution in [-0.4, -0.2) is 52.7 Å². The second-order valence-corrected chi connectivity index (χ2v) is 9.39. The number of aryl methyl sites for hydroxylation is 1. The van der Waals surface area contributed by atoms with E-state index < -0.39 is 29.5 Å². The summed E-state index contributed by atoms with van der Waals surface area (Å²) >= 11 is 0.894. The lowest BCUT2D eigenvalue weighted by Crippen LogP contribution is -2.29. The van der Waals surface area contributed by atoms with Crippen molar-refractivity contribution in [1.82, 2.24) is 4.98 Å². The van der Waals surface area contributed by atoms with Crippen LogP contribution in [0.5, 0.6) is 17.2 Å². The monoisotopic (exact) mass is 534 g/mol. The molecule has 1 aromatic heterocycles. The number of thiazole rings is 1. The number of phenolic OH excluding ortho intramolecular Hbond substituents is 1. The molecule has 38 heavy (non-hydrogen) atoms. The van der Waals surface area contributed by atoms with Crippen LogP contribution in [0.15, 0.2) is 60.7 Å². The third-order valence-electron chi connectivity index (χ3n) is 5.98. The number of benzene rings is 2. The van der Waals surface area contributed by atoms with Crippen LogP contribution in [0.1, 0.15) is 32.5 Å². The first-order valence-corrected chi connectivity index (χ1v) is 12.4. The smallest absolute Gasteiger partial charge is 0.350 e. The zero-order chi connectivity index (χ0) is 27.0. The van der Waals surface area contributed by atoms with Gasteiger partial charge in [0.05, 0.1) is 17.3 Å². The van der Waals surface area contributed by atoms with Gasteiger partial charge in [0.15, 0.2) is 16.6 Å². The molecule has 1 fully saturated rings. The van der Waals surface area contributed by atoms with Gasteiger partial charge in [-0.05, 0) is 42.8 Å². The molecule has 1 unspecified atom stereocenters. The van der Waals surface area contributed by atoms with Crippen molar-refractivity contribution < 1.29 is 38.8 Å². The number of nitrogens with zero attached hydrogens (tertiary/aromatic N) is 2. The normalized spacial score (nSPS) is 17.9. The Labute approximate surface area is 221 Å². The highest BCUT2D eigenvalue weighted by Crippen LogP contribution is 2.45. The average Bonchev–Trinajstić information content (AvgIpc) is 3.43. The van der Waals surface area contributed by atoms with Crippen LogP contribution in [0.3, 0.4) is 0 Å². The highest BCUT2D eigenvalue weighted by Gasteiger charge is 2.48. The number of hydrogen-bond acceptors (Lipinski definition) is 10. The Hall–Kier alpha value is -4.64. The summed E-state index contributed by atoms with van der Waals surface area (Å²) in [4.78, 5) is 44.9. The fourth-order valence-corrected chi connectivity index (χ4v) is 5.21. The number of fused-ring (bicyclic) bond motifs is 1. The minimum absolute atomic E-state index is 0.000931. The standard InChI is InChI=1S/C27H22N2O8S/c1-3-10-37-26(34)24-14(2)28-27(38-24)29-21(15-4-7-17(30)8-5-15)20(23(32)25(29)33)22(31)16-6-9-18-19(13-16)36-12-11-35-18/h3-9,13,21,30-31H,1,10-12H2,2H3. The summed E-state index contributed by atoms with van der Waals surface area (Å²) in [5, 5.41) is 21.2. The molecule has 11 heteroatoms. The molecule has 1 atom stereocenters. The first kappa shape index (κ1) is 25.0. The molecular weight excluding hydrogens is 512 g/mol. The van der Waals surface area contributed by atoms with E-state index in [1.165, 1.54) is 36.4 Å². The van der Waals surface area contributed by atoms with Crippen LogP contribution in [0.4, 0.5) is 5.13 Å². The Balaban J connectivity index is 1.64. The summed E-state index contributed by atoms with van der Waals surface area (Å²) in [5.74, 6) is -2.04. The molecule has 3 aromatic rings. The van der Waals surface area contributed by atoms with E-state index in [4.69, 9.17) is 14.2 Å². The molecule has 0 radical (unpaired) electrons. The molecule has 1 amide bonds. The Morgan fingerprint density at radius 3 is 2.61 bits per heavy atom. The summed E-state index contributed by atoms with van der Waals surface area (Å²) in [6, 6.07) is 9.51. The summed E-state index contributed by atoms with van der Waals surface area (Å²) in [7, 11) is 0. The van der Waals surface area contributed by atoms with Gasteiger partial charge in [0.1, 0.15) is 36.2 Å². The van der Waals surface area contributed by atoms with Crippen molar-refractivity contribution in [2.75, 3.05) is 24.7 Å². The number of rotatable bonds is 6. The van der Waals surface area contributed by atoms with Gasteiger partial charge in [0, 0.05) is 5.56 Å². The Bertz CT molecular complexity index is 1490. The SMILES string of the molecule is C=CCOC(=O)c1sc(N2C(=O)C(=O)C(=C(O)c3ccc4c(c3)OCCO4)C2c2ccc(O)cc2)nc1C. The lowest BCUT2D eigenvalue weighted by Gasteiger charge is -2.23. The first-order chi connectivity index (χ1) is 18.3. The number of anilines is 1. The van der Waals surface area contributed by atoms with Gasteiger partial charge in [-0.2, -0.15) is 0 Å². The molecule has 2 aliphatic rings. The number of aliphatic hydroxyl groups is 1. The minimum Gasteiger partial charge on any atom is -0.508 e. The van der Waals surface area contributed by atoms with Crippen molar-refractivity contribution in [3.8, 4) is 17.2 Å². The Morgan fingerprint density at radius 1 is 1.18 bits per heavy atom. The van der Waals surface area contributed by atoms with E-state index in [1.54, 1.807) is 19.1 Å². The van der Waals surface area contributed by atoms with Gasteiger partial charge in [0.25, 0.3) is 5.78 Å². The van der Waals surface area contributed by atoms with Gasteiger partial charge in [-0.3, -0.25) is 14.5 Å². The molecule has 0 bridgehead atoms. The predicted molar refractivity (Wildman–Crippen MR) is 138 cm³/mol. The molecule has 5 rings (SSSR count). The van der Waals surface area contributed by atoms with E-state index in [9.17, 15) is 24.6 Å². The lowest BCUT2D eigenvalue weighted by molar-refractivity contribution is -0.132. The number of Topliss-reactive ketones (excluding diaryl/α,β-unsaturated/α-hetero) is 1. The van der Waals surface area contributed by atoms with Crippen molar-refractivity contribution in [2.24, 2.45) is 0 Å². The van der Waals surface area contributed by atoms with Gasteiger partial charge in [0.2, 0.25) is 0 Å². The van der Waals surface area contributed by atoms with Gasteiger partial charge in [-0.1, -0.05) is 36.1 Å². The Kier molecular flexibility index (Phi) is 6.60. The quantitative estimate of drug-likeness (QED) is 0.159. The van der Waals surface area contributed by atoms with Crippen molar-refractivity contribution in [2.45, 2.75) is 13.0 Å². The van der Waals surface area contributed by atoms with Gasteiger partial charge < -0.3 is 24.4 Å².